The topological polar surface area (TPSA) is 114 Å². The fraction of sp³-hybridized carbons (Fsp3) is 0.500. The van der Waals surface area contributed by atoms with Gasteiger partial charge in [-0.2, -0.15) is 0 Å². The normalized spacial score (nSPS) is 32.2. The van der Waals surface area contributed by atoms with Gasteiger partial charge in [0.05, 0.1) is 25.7 Å². The molecule has 96 valence electrons. The average molecular weight is 252 g/mol. The second kappa shape index (κ2) is 3.95. The zero-order chi connectivity index (χ0) is 12.8. The van der Waals surface area contributed by atoms with Crippen molar-refractivity contribution in [3.05, 3.63) is 18.9 Å². The van der Waals surface area contributed by atoms with Crippen LogP contribution in [0.2, 0.25) is 0 Å². The van der Waals surface area contributed by atoms with Crippen molar-refractivity contribution in [1.29, 1.82) is 0 Å². The van der Waals surface area contributed by atoms with E-state index in [1.54, 1.807) is 0 Å². The van der Waals surface area contributed by atoms with E-state index in [0.29, 0.717) is 11.2 Å². The van der Waals surface area contributed by atoms with Gasteiger partial charge in [0.15, 0.2) is 11.4 Å². The van der Waals surface area contributed by atoms with Crippen LogP contribution < -0.4 is 0 Å². The summed E-state index contributed by atoms with van der Waals surface area (Å²) >= 11 is 0. The summed E-state index contributed by atoms with van der Waals surface area (Å²) in [7, 11) is 0. The van der Waals surface area contributed by atoms with Crippen molar-refractivity contribution in [2.45, 2.75) is 17.9 Å². The van der Waals surface area contributed by atoms with Crippen molar-refractivity contribution in [2.24, 2.45) is 0 Å². The van der Waals surface area contributed by atoms with E-state index >= 15 is 0 Å². The van der Waals surface area contributed by atoms with Crippen LogP contribution in [-0.4, -0.2) is 60.3 Å². The fourth-order valence-corrected chi connectivity index (χ4v) is 2.18. The number of fused-ring (bicyclic) bond motifs is 1. The van der Waals surface area contributed by atoms with Gasteiger partial charge in [-0.25, -0.2) is 15.0 Å². The van der Waals surface area contributed by atoms with Gasteiger partial charge < -0.3 is 20.1 Å². The van der Waals surface area contributed by atoms with Crippen molar-refractivity contribution in [3.8, 4) is 0 Å². The number of rotatable bonds is 2. The molecule has 1 aliphatic rings. The number of hydrogen-bond donors (Lipinski definition) is 3. The summed E-state index contributed by atoms with van der Waals surface area (Å²) in [4.78, 5) is 11.9. The van der Waals surface area contributed by atoms with Crippen molar-refractivity contribution in [1.82, 2.24) is 19.5 Å². The lowest BCUT2D eigenvalue weighted by atomic mass is 10.1. The Morgan fingerprint density at radius 2 is 2.28 bits per heavy atom. The number of imidazole rings is 1. The maximum Gasteiger partial charge on any atom is 0.199 e. The van der Waals surface area contributed by atoms with Crippen molar-refractivity contribution < 1.29 is 20.1 Å². The molecule has 0 spiro atoms. The van der Waals surface area contributed by atoms with Gasteiger partial charge >= 0.3 is 0 Å². The predicted octanol–water partition coefficient (Wildman–Crippen LogP) is -1.78. The molecule has 2 aromatic heterocycles. The Labute approximate surface area is 102 Å². The second-order valence-corrected chi connectivity index (χ2v) is 4.17. The highest BCUT2D eigenvalue weighted by Crippen LogP contribution is 2.33. The van der Waals surface area contributed by atoms with Gasteiger partial charge in [0.25, 0.3) is 0 Å². The first-order valence-corrected chi connectivity index (χ1v) is 5.43. The Hall–Kier alpha value is -1.61. The molecule has 0 saturated carbocycles. The van der Waals surface area contributed by atoms with Crippen LogP contribution >= 0.6 is 0 Å². The SMILES string of the molecule is OC[C@]1(n2cnc3cncnc32)OC[C@@H](O)[C@@H]1O. The molecule has 2 aromatic rings. The van der Waals surface area contributed by atoms with Crippen molar-refractivity contribution >= 4 is 11.2 Å². The lowest BCUT2D eigenvalue weighted by Crippen LogP contribution is -2.48. The van der Waals surface area contributed by atoms with E-state index in [-0.39, 0.29) is 6.61 Å². The molecule has 1 fully saturated rings. The zero-order valence-electron chi connectivity index (χ0n) is 9.34. The molecule has 8 heteroatoms. The molecule has 0 aromatic carbocycles. The minimum atomic E-state index is -1.46. The van der Waals surface area contributed by atoms with Gasteiger partial charge in [-0.3, -0.25) is 4.57 Å². The van der Waals surface area contributed by atoms with E-state index in [4.69, 9.17) is 4.74 Å². The molecule has 0 radical (unpaired) electrons. The smallest absolute Gasteiger partial charge is 0.199 e. The van der Waals surface area contributed by atoms with Crippen LogP contribution in [-0.2, 0) is 10.5 Å². The summed E-state index contributed by atoms with van der Waals surface area (Å²) in [6, 6.07) is 0. The standard InChI is InChI=1S/C10H12N4O4/c15-3-10(8(17)7(16)2-18-10)14-5-13-6-1-11-4-12-9(6)14/h1,4-5,7-8,15-17H,2-3H2/t7-,8+,10+/m1/s1. The summed E-state index contributed by atoms with van der Waals surface area (Å²) < 4.78 is 6.80. The van der Waals surface area contributed by atoms with Crippen LogP contribution in [0.1, 0.15) is 0 Å². The molecule has 0 bridgehead atoms. The summed E-state index contributed by atoms with van der Waals surface area (Å²) in [5, 5.41) is 29.1. The Balaban J connectivity index is 2.18. The molecule has 3 atom stereocenters. The number of hydrogen-bond acceptors (Lipinski definition) is 7. The first-order chi connectivity index (χ1) is 8.69. The summed E-state index contributed by atoms with van der Waals surface area (Å²) in [5.74, 6) is 0. The molecule has 0 amide bonds. The molecule has 0 aliphatic carbocycles. The Kier molecular flexibility index (Phi) is 2.52. The zero-order valence-corrected chi connectivity index (χ0v) is 9.34. The molecule has 0 unspecified atom stereocenters. The maximum atomic E-state index is 10.0. The van der Waals surface area contributed by atoms with Crippen LogP contribution in [0, 0.1) is 0 Å². The van der Waals surface area contributed by atoms with Gasteiger partial charge in [0.1, 0.15) is 24.1 Å². The van der Waals surface area contributed by atoms with Gasteiger partial charge in [-0.1, -0.05) is 0 Å². The minimum Gasteiger partial charge on any atom is -0.391 e. The van der Waals surface area contributed by atoms with Gasteiger partial charge in [0.2, 0.25) is 0 Å². The van der Waals surface area contributed by atoms with Crippen molar-refractivity contribution in [3.63, 3.8) is 0 Å². The molecule has 18 heavy (non-hydrogen) atoms. The highest BCUT2D eigenvalue weighted by molar-refractivity contribution is 5.69. The lowest BCUT2D eigenvalue weighted by Gasteiger charge is -2.31. The van der Waals surface area contributed by atoms with E-state index in [9.17, 15) is 15.3 Å². The lowest BCUT2D eigenvalue weighted by molar-refractivity contribution is -0.149. The van der Waals surface area contributed by atoms with Crippen LogP contribution in [0.15, 0.2) is 18.9 Å². The Bertz CT molecular complexity index is 574. The van der Waals surface area contributed by atoms with Crippen LogP contribution in [0.4, 0.5) is 0 Å². The number of ether oxygens (including phenoxy) is 1. The number of aliphatic hydroxyl groups excluding tert-OH is 3. The molecule has 1 aliphatic heterocycles. The maximum absolute atomic E-state index is 10.0. The Morgan fingerprint density at radius 3 is 2.94 bits per heavy atom. The molecule has 3 N–H and O–H groups in total. The summed E-state index contributed by atoms with van der Waals surface area (Å²) in [6.07, 6.45) is 1.94. The van der Waals surface area contributed by atoms with Gasteiger partial charge in [-0.05, 0) is 0 Å². The molecule has 1 saturated heterocycles. The molecule has 3 heterocycles. The third-order valence-corrected chi connectivity index (χ3v) is 3.18. The Morgan fingerprint density at radius 1 is 1.44 bits per heavy atom. The average Bonchev–Trinajstić information content (AvgIpc) is 2.95. The monoisotopic (exact) mass is 252 g/mol. The molecular formula is C10H12N4O4. The first kappa shape index (κ1) is 11.5. The summed E-state index contributed by atoms with van der Waals surface area (Å²) in [5.41, 5.74) is -0.516. The molecule has 8 nitrogen and oxygen atoms in total. The van der Waals surface area contributed by atoms with E-state index in [0.717, 1.165) is 0 Å². The molecular weight excluding hydrogens is 240 g/mol. The second-order valence-electron chi connectivity index (χ2n) is 4.17. The van der Waals surface area contributed by atoms with Crippen LogP contribution in [0.5, 0.6) is 0 Å². The number of aromatic nitrogens is 4. The van der Waals surface area contributed by atoms with Crippen molar-refractivity contribution in [2.75, 3.05) is 13.2 Å². The number of aliphatic hydroxyl groups is 3. The largest absolute Gasteiger partial charge is 0.391 e. The minimum absolute atomic E-state index is 0.0630. The predicted molar refractivity (Wildman–Crippen MR) is 58.3 cm³/mol. The third-order valence-electron chi connectivity index (χ3n) is 3.18. The van der Waals surface area contributed by atoms with Crippen LogP contribution in [0.25, 0.3) is 11.2 Å². The quantitative estimate of drug-likeness (QED) is 0.579. The fourth-order valence-electron chi connectivity index (χ4n) is 2.18. The van der Waals surface area contributed by atoms with Crippen LogP contribution in [0.3, 0.4) is 0 Å². The van der Waals surface area contributed by atoms with Gasteiger partial charge in [-0.15, -0.1) is 0 Å². The van der Waals surface area contributed by atoms with E-state index < -0.39 is 24.5 Å². The van der Waals surface area contributed by atoms with Gasteiger partial charge in [0, 0.05) is 0 Å². The first-order valence-electron chi connectivity index (χ1n) is 5.43. The number of nitrogens with zero attached hydrogens (tertiary/aromatic N) is 4. The van der Waals surface area contributed by atoms with E-state index in [1.807, 2.05) is 0 Å². The highest BCUT2D eigenvalue weighted by atomic mass is 16.6. The molecule has 3 rings (SSSR count). The van der Waals surface area contributed by atoms with E-state index in [1.165, 1.54) is 23.4 Å². The third kappa shape index (κ3) is 1.37. The van der Waals surface area contributed by atoms with E-state index in [2.05, 4.69) is 15.0 Å². The summed E-state index contributed by atoms with van der Waals surface area (Å²) in [6.45, 7) is -0.562. The highest BCUT2D eigenvalue weighted by Gasteiger charge is 2.51.